The first-order chi connectivity index (χ1) is 10.9. The summed E-state index contributed by atoms with van der Waals surface area (Å²) in [4.78, 5) is 35.2. The number of amides is 3. The van der Waals surface area contributed by atoms with Crippen molar-refractivity contribution in [1.29, 1.82) is 0 Å². The molecule has 0 heterocycles. The fourth-order valence-electron chi connectivity index (χ4n) is 2.10. The molecule has 0 aliphatic carbocycles. The molecule has 1 aromatic carbocycles. The largest absolute Gasteiger partial charge is 0.368 e. The lowest BCUT2D eigenvalue weighted by Crippen LogP contribution is -2.53. The molecule has 6 nitrogen and oxygen atoms in total. The van der Waals surface area contributed by atoms with E-state index in [2.05, 4.69) is 10.6 Å². The van der Waals surface area contributed by atoms with Crippen LogP contribution in [0, 0.1) is 0 Å². The van der Waals surface area contributed by atoms with Gasteiger partial charge in [-0.05, 0) is 24.0 Å². The Morgan fingerprint density at radius 2 is 1.78 bits per heavy atom. The zero-order valence-corrected chi connectivity index (χ0v) is 14.2. The smallest absolute Gasteiger partial charge is 0.243 e. The summed E-state index contributed by atoms with van der Waals surface area (Å²) in [7, 11) is 0. The summed E-state index contributed by atoms with van der Waals surface area (Å²) in [5.41, 5.74) is 6.25. The van der Waals surface area contributed by atoms with Crippen molar-refractivity contribution >= 4 is 29.5 Å². The molecule has 4 N–H and O–H groups in total. The third kappa shape index (κ3) is 7.19. The molecule has 0 fully saturated rings. The van der Waals surface area contributed by atoms with Gasteiger partial charge in [-0.3, -0.25) is 14.4 Å². The third-order valence-electron chi connectivity index (χ3n) is 3.25. The summed E-state index contributed by atoms with van der Waals surface area (Å²) >= 11 is 1.57. The Balaban J connectivity index is 2.77. The minimum atomic E-state index is -0.744. The van der Waals surface area contributed by atoms with Crippen molar-refractivity contribution in [3.05, 3.63) is 35.9 Å². The van der Waals surface area contributed by atoms with Crippen LogP contribution in [0.1, 0.15) is 18.9 Å². The number of rotatable bonds is 9. The quantitative estimate of drug-likeness (QED) is 0.609. The Morgan fingerprint density at radius 1 is 1.13 bits per heavy atom. The fourth-order valence-corrected chi connectivity index (χ4v) is 2.57. The lowest BCUT2D eigenvalue weighted by molar-refractivity contribution is -0.130. The topological polar surface area (TPSA) is 101 Å². The number of nitrogens with two attached hydrogens (primary N) is 1. The first-order valence-corrected chi connectivity index (χ1v) is 8.73. The molecule has 23 heavy (non-hydrogen) atoms. The van der Waals surface area contributed by atoms with Gasteiger partial charge in [0.15, 0.2) is 0 Å². The van der Waals surface area contributed by atoms with Gasteiger partial charge in [0.25, 0.3) is 0 Å². The van der Waals surface area contributed by atoms with E-state index in [1.165, 1.54) is 6.92 Å². The molecule has 0 unspecified atom stereocenters. The maximum Gasteiger partial charge on any atom is 0.243 e. The molecule has 1 aromatic rings. The number of carbonyl (C=O) groups is 3. The molecule has 1 rings (SSSR count). The van der Waals surface area contributed by atoms with Crippen molar-refractivity contribution in [2.75, 3.05) is 12.0 Å². The Labute approximate surface area is 140 Å². The highest BCUT2D eigenvalue weighted by molar-refractivity contribution is 7.98. The Bertz CT molecular complexity index is 537. The van der Waals surface area contributed by atoms with E-state index in [1.807, 2.05) is 36.6 Å². The van der Waals surface area contributed by atoms with Crippen LogP contribution in [0.2, 0.25) is 0 Å². The van der Waals surface area contributed by atoms with Crippen molar-refractivity contribution in [2.24, 2.45) is 5.73 Å². The number of hydrogen-bond acceptors (Lipinski definition) is 4. The molecule has 7 heteroatoms. The predicted octanol–water partition coefficient (Wildman–Crippen LogP) is 0.457. The number of benzene rings is 1. The molecular formula is C16H23N3O3S. The standard InChI is InChI=1S/C16H23N3O3S/c1-11(20)18-14(10-12-6-4-3-5-7-12)16(22)19-13(15(17)21)8-9-23-2/h3-7,13-14H,8-10H2,1-2H3,(H2,17,21)(H,18,20)(H,19,22)/t13-,14-/m0/s1. The van der Waals surface area contributed by atoms with Gasteiger partial charge >= 0.3 is 0 Å². The maximum atomic E-state index is 12.4. The van der Waals surface area contributed by atoms with E-state index in [0.29, 0.717) is 18.6 Å². The van der Waals surface area contributed by atoms with Crippen LogP contribution in [-0.4, -0.2) is 41.8 Å². The zero-order valence-electron chi connectivity index (χ0n) is 13.4. The van der Waals surface area contributed by atoms with Gasteiger partial charge in [0.1, 0.15) is 12.1 Å². The molecule has 3 amide bonds. The summed E-state index contributed by atoms with van der Waals surface area (Å²) in [6, 6.07) is 7.88. The van der Waals surface area contributed by atoms with Gasteiger partial charge in [-0.2, -0.15) is 11.8 Å². The van der Waals surface area contributed by atoms with Gasteiger partial charge in [0.05, 0.1) is 0 Å². The van der Waals surface area contributed by atoms with E-state index in [4.69, 9.17) is 5.73 Å². The summed E-state index contributed by atoms with van der Waals surface area (Å²) in [6.45, 7) is 1.35. The average molecular weight is 337 g/mol. The lowest BCUT2D eigenvalue weighted by Gasteiger charge is -2.21. The minimum Gasteiger partial charge on any atom is -0.368 e. The van der Waals surface area contributed by atoms with Crippen LogP contribution in [0.5, 0.6) is 0 Å². The second-order valence-corrected chi connectivity index (χ2v) is 6.17. The van der Waals surface area contributed by atoms with Crippen molar-refractivity contribution < 1.29 is 14.4 Å². The summed E-state index contributed by atoms with van der Waals surface area (Å²) in [6.07, 6.45) is 2.72. The van der Waals surface area contributed by atoms with Crippen LogP contribution in [0.25, 0.3) is 0 Å². The van der Waals surface area contributed by atoms with Crippen molar-refractivity contribution in [3.8, 4) is 0 Å². The summed E-state index contributed by atoms with van der Waals surface area (Å²) < 4.78 is 0. The molecular weight excluding hydrogens is 314 g/mol. The third-order valence-corrected chi connectivity index (χ3v) is 3.89. The molecule has 0 bridgehead atoms. The normalized spacial score (nSPS) is 13.0. The molecule has 126 valence electrons. The van der Waals surface area contributed by atoms with Gasteiger partial charge in [-0.25, -0.2) is 0 Å². The monoisotopic (exact) mass is 337 g/mol. The first kappa shape index (κ1) is 19.0. The second-order valence-electron chi connectivity index (χ2n) is 5.19. The summed E-state index contributed by atoms with van der Waals surface area (Å²) in [5, 5.41) is 5.26. The van der Waals surface area contributed by atoms with Crippen LogP contribution in [0.3, 0.4) is 0 Å². The van der Waals surface area contributed by atoms with E-state index in [1.54, 1.807) is 11.8 Å². The number of primary amides is 1. The van der Waals surface area contributed by atoms with E-state index in [9.17, 15) is 14.4 Å². The highest BCUT2D eigenvalue weighted by atomic mass is 32.2. The van der Waals surface area contributed by atoms with Gasteiger partial charge in [-0.15, -0.1) is 0 Å². The Kier molecular flexibility index (Phi) is 8.18. The van der Waals surface area contributed by atoms with Crippen LogP contribution >= 0.6 is 11.8 Å². The number of nitrogens with one attached hydrogen (secondary N) is 2. The van der Waals surface area contributed by atoms with Crippen molar-refractivity contribution in [3.63, 3.8) is 0 Å². The van der Waals surface area contributed by atoms with Gasteiger partial charge in [0.2, 0.25) is 17.7 Å². The highest BCUT2D eigenvalue weighted by Gasteiger charge is 2.24. The molecule has 0 spiro atoms. The highest BCUT2D eigenvalue weighted by Crippen LogP contribution is 2.05. The Hall–Kier alpha value is -2.02. The average Bonchev–Trinajstić information content (AvgIpc) is 2.50. The van der Waals surface area contributed by atoms with Gasteiger partial charge in [0, 0.05) is 13.3 Å². The summed E-state index contributed by atoms with van der Waals surface area (Å²) in [5.74, 6) is -0.583. The second kappa shape index (κ2) is 9.89. The van der Waals surface area contributed by atoms with Crippen LogP contribution in [0.15, 0.2) is 30.3 Å². The molecule has 0 aliphatic rings. The molecule has 0 radical (unpaired) electrons. The Morgan fingerprint density at radius 3 is 2.30 bits per heavy atom. The zero-order chi connectivity index (χ0) is 17.2. The molecule has 0 aromatic heterocycles. The van der Waals surface area contributed by atoms with Crippen LogP contribution < -0.4 is 16.4 Å². The van der Waals surface area contributed by atoms with Crippen molar-refractivity contribution in [1.82, 2.24) is 10.6 Å². The predicted molar refractivity (Wildman–Crippen MR) is 91.9 cm³/mol. The minimum absolute atomic E-state index is 0.305. The van der Waals surface area contributed by atoms with Crippen LogP contribution in [0.4, 0.5) is 0 Å². The molecule has 0 saturated carbocycles. The van der Waals surface area contributed by atoms with Crippen molar-refractivity contribution in [2.45, 2.75) is 31.8 Å². The number of carbonyl (C=O) groups excluding carboxylic acids is 3. The number of thioether (sulfide) groups is 1. The lowest BCUT2D eigenvalue weighted by atomic mass is 10.0. The van der Waals surface area contributed by atoms with Gasteiger partial charge in [-0.1, -0.05) is 30.3 Å². The SMILES string of the molecule is CSCC[C@H](NC(=O)[C@H](Cc1ccccc1)NC(C)=O)C(N)=O. The molecule has 2 atom stereocenters. The maximum absolute atomic E-state index is 12.4. The fraction of sp³-hybridized carbons (Fsp3) is 0.438. The molecule has 0 aliphatic heterocycles. The van der Waals surface area contributed by atoms with E-state index < -0.39 is 23.9 Å². The number of hydrogen-bond donors (Lipinski definition) is 3. The van der Waals surface area contributed by atoms with Gasteiger partial charge < -0.3 is 16.4 Å². The van der Waals surface area contributed by atoms with E-state index in [-0.39, 0.29) is 5.91 Å². The van der Waals surface area contributed by atoms with Crippen LogP contribution in [-0.2, 0) is 20.8 Å². The first-order valence-electron chi connectivity index (χ1n) is 7.33. The molecule has 0 saturated heterocycles. The van der Waals surface area contributed by atoms with E-state index in [0.717, 1.165) is 5.56 Å². The van der Waals surface area contributed by atoms with E-state index >= 15 is 0 Å².